The van der Waals surface area contributed by atoms with Gasteiger partial charge in [-0.3, -0.25) is 91.1 Å². The Kier molecular flexibility index (Phi) is 41.9. The van der Waals surface area contributed by atoms with Crippen molar-refractivity contribution in [2.75, 3.05) is 51.8 Å². The monoisotopic (exact) mass is 2020 g/mol. The van der Waals surface area contributed by atoms with E-state index in [1.54, 1.807) is 124 Å². The molecule has 144 heavy (non-hydrogen) atoms. The average molecular weight is 2030 g/mol. The molecule has 4 saturated heterocycles. The number of carboxylic acid groups (broad SMARTS) is 1. The van der Waals surface area contributed by atoms with Crippen LogP contribution in [0.5, 0.6) is 0 Å². The van der Waals surface area contributed by atoms with E-state index < -0.39 is 264 Å². The summed E-state index contributed by atoms with van der Waals surface area (Å²) in [5.41, 5.74) is 12.0. The number of hydrogen-bond acceptors (Lipinski definition) is 21. The number of carbonyl (C=O) groups is 19. The minimum absolute atomic E-state index is 0.00488. The minimum Gasteiger partial charge on any atom is -0.480 e. The van der Waals surface area contributed by atoms with Crippen LogP contribution in [0.25, 0.3) is 21.8 Å². The molecule has 4 aliphatic rings. The highest BCUT2D eigenvalue weighted by Gasteiger charge is 2.48. The molecule has 9 rings (SSSR count). The normalized spacial score (nSPS) is 24.7. The standard InChI is InChI=1S/C102H146FN19O21S/c1-15-17-29-77-91(134)111-69(44-57(3)4)89(132)116-75(86(105)129)55-144-56-84(126)108-72(46-59-34-36-62(103)37-35-59)96(139)120-42-24-23-32-78(120)93(136)115-74(50-83(104)125)97(140)121-43-25-33-79(121)92(135)110-67(38-39-82(124)101(7,8)9)87(130)113-71(45-58(5)6)98(141)122-53-63(123)49-81(122)94(137)112-70(47-60-51-107-66-28-21-19-26-64(60)66)90(133)109-68(40-41-106-100(143)102(10,11)12)88(131)114-73(95(138)118(14)80(30-18-16-2)99(142)117(77)13)48-61-52-119(54-85(127)128)76-31-22-20-27-65(61)76/h19-22,26-28,31,34-37,51-52,57-58,63,67-75,77-81,107,123H,15-18,23-25,29-30,32-33,38-50,53-56H2,1-14H3,(H2,104,125)(H2,105,129)(H,106,143)(H,108,126)(H,109,133)(H,110,135)(H,111,134)(H,112,137)(H,113,130)(H,114,131)(H,115,136)(H,116,132)(H,127,128)/t63-,67+,68+,69+,70+,71+,72+,73+,74+,75+,77+,78+,79+,80+,81+/m1/s1. The number of aliphatic hydroxyl groups excluding tert-OH is 1. The Morgan fingerprint density at radius 1 is 0.521 bits per heavy atom. The molecule has 0 bridgehead atoms. The highest BCUT2D eigenvalue weighted by Crippen LogP contribution is 2.31. The number of unbranched alkanes of at least 4 members (excludes halogenated alkanes) is 2. The molecule has 0 spiro atoms. The number of piperidine rings is 1. The molecule has 0 radical (unpaired) electrons. The first-order chi connectivity index (χ1) is 68.0. The second-order valence-electron chi connectivity index (χ2n) is 41.1. The summed E-state index contributed by atoms with van der Waals surface area (Å²) in [5, 5.41) is 50.5. The zero-order chi connectivity index (χ0) is 106. The number of benzene rings is 3. The van der Waals surface area contributed by atoms with E-state index in [0.717, 1.165) is 38.6 Å². The lowest BCUT2D eigenvalue weighted by atomic mass is 9.87. The van der Waals surface area contributed by atoms with E-state index in [9.17, 15) is 53.0 Å². The Hall–Kier alpha value is -12.9. The van der Waals surface area contributed by atoms with E-state index in [1.807, 2.05) is 13.8 Å². The van der Waals surface area contributed by atoms with E-state index in [0.29, 0.717) is 77.0 Å². The van der Waals surface area contributed by atoms with Crippen LogP contribution in [0.3, 0.4) is 0 Å². The van der Waals surface area contributed by atoms with Crippen molar-refractivity contribution < 1.29 is 106 Å². The van der Waals surface area contributed by atoms with Gasteiger partial charge in [0.15, 0.2) is 0 Å². The molecule has 42 heteroatoms. The highest BCUT2D eigenvalue weighted by molar-refractivity contribution is 8.00. The van der Waals surface area contributed by atoms with Crippen LogP contribution < -0.4 is 64.6 Å². The van der Waals surface area contributed by atoms with Crippen LogP contribution in [0.15, 0.2) is 85.2 Å². The summed E-state index contributed by atoms with van der Waals surface area (Å²) in [5.74, 6) is -19.1. The van der Waals surface area contributed by atoms with Gasteiger partial charge in [-0.2, -0.15) is 0 Å². The van der Waals surface area contributed by atoms with Gasteiger partial charge in [0.2, 0.25) is 100 Å². The third-order valence-corrected chi connectivity index (χ3v) is 27.7. The molecular formula is C102H146FN19O21S. The summed E-state index contributed by atoms with van der Waals surface area (Å²) >= 11 is 0.822. The number of para-hydroxylation sites is 2. The zero-order valence-electron chi connectivity index (χ0n) is 85.0. The lowest BCUT2D eigenvalue weighted by molar-refractivity contribution is -0.149. The third kappa shape index (κ3) is 31.8. The molecular weight excluding hydrogens is 1880 g/mol. The maximum absolute atomic E-state index is 16.2. The fourth-order valence-electron chi connectivity index (χ4n) is 18.7. The minimum atomic E-state index is -1.78. The van der Waals surface area contributed by atoms with Crippen molar-refractivity contribution in [1.29, 1.82) is 0 Å². The second-order valence-corrected chi connectivity index (χ2v) is 42.1. The van der Waals surface area contributed by atoms with Gasteiger partial charge in [-0.1, -0.05) is 157 Å². The van der Waals surface area contributed by atoms with Gasteiger partial charge in [-0.05, 0) is 123 Å². The number of likely N-dealkylation sites (N-methyl/N-ethyl adjacent to an activating group) is 2. The third-order valence-electron chi connectivity index (χ3n) is 26.6. The number of carbonyl (C=O) groups excluding carboxylic acids is 18. The summed E-state index contributed by atoms with van der Waals surface area (Å²) in [7, 11) is 2.71. The van der Waals surface area contributed by atoms with Gasteiger partial charge in [-0.15, -0.1) is 11.8 Å². The number of amides is 17. The van der Waals surface area contributed by atoms with Gasteiger partial charge >= 0.3 is 5.97 Å². The van der Waals surface area contributed by atoms with Crippen LogP contribution in [-0.4, -0.2) is 299 Å². The number of nitrogens with zero attached hydrogens (tertiary/aromatic N) is 6. The number of carboxylic acids is 1. The van der Waals surface area contributed by atoms with Crippen molar-refractivity contribution in [1.82, 2.24) is 87.2 Å². The number of nitrogens with two attached hydrogens (primary N) is 2. The molecule has 788 valence electrons. The number of ketones is 1. The van der Waals surface area contributed by atoms with Crippen LogP contribution in [0.4, 0.5) is 4.39 Å². The highest BCUT2D eigenvalue weighted by atomic mass is 32.2. The van der Waals surface area contributed by atoms with E-state index in [4.69, 9.17) is 11.5 Å². The van der Waals surface area contributed by atoms with E-state index >= 15 is 52.7 Å². The molecule has 0 saturated carbocycles. The molecule has 2 aromatic heterocycles. The Balaban J connectivity index is 1.15. The number of primary amides is 2. The van der Waals surface area contributed by atoms with Crippen molar-refractivity contribution in [2.45, 2.75) is 315 Å². The molecule has 3 aromatic carbocycles. The summed E-state index contributed by atoms with van der Waals surface area (Å²) in [6.07, 6.45) is 0.618. The lowest BCUT2D eigenvalue weighted by Gasteiger charge is -2.38. The van der Waals surface area contributed by atoms with Crippen LogP contribution in [0.2, 0.25) is 0 Å². The number of fused-ring (bicyclic) bond motifs is 5. The molecule has 6 heterocycles. The number of halogens is 1. The number of H-pyrrole nitrogens is 1. The van der Waals surface area contributed by atoms with Crippen LogP contribution in [-0.2, 0) is 117 Å². The molecule has 17 N–H and O–H groups in total. The zero-order valence-corrected chi connectivity index (χ0v) is 85.8. The fourth-order valence-corrected chi connectivity index (χ4v) is 19.5. The first kappa shape index (κ1) is 115. The number of rotatable bonds is 27. The first-order valence-corrected chi connectivity index (χ1v) is 51.0. The lowest BCUT2D eigenvalue weighted by Crippen LogP contribution is -2.61. The van der Waals surface area contributed by atoms with Gasteiger partial charge in [0.25, 0.3) is 0 Å². The van der Waals surface area contributed by atoms with Crippen molar-refractivity contribution in [3.63, 3.8) is 0 Å². The number of aliphatic carboxylic acids is 1. The smallest absolute Gasteiger partial charge is 0.323 e. The summed E-state index contributed by atoms with van der Waals surface area (Å²) in [6, 6.07) is -2.93. The molecule has 0 unspecified atom stereocenters. The first-order valence-electron chi connectivity index (χ1n) is 49.9. The quantitative estimate of drug-likeness (QED) is 0.0359. The molecule has 40 nitrogen and oxygen atoms in total. The van der Waals surface area contributed by atoms with Gasteiger partial charge < -0.3 is 109 Å². The van der Waals surface area contributed by atoms with Crippen LogP contribution in [0.1, 0.15) is 215 Å². The molecule has 15 atom stereocenters. The predicted molar refractivity (Wildman–Crippen MR) is 535 cm³/mol. The van der Waals surface area contributed by atoms with Gasteiger partial charge in [-0.25, -0.2) is 4.39 Å². The predicted octanol–water partition coefficient (Wildman–Crippen LogP) is 3.25. The summed E-state index contributed by atoms with van der Waals surface area (Å²) < 4.78 is 16.0. The Morgan fingerprint density at radius 3 is 1.65 bits per heavy atom. The number of Topliss-reactive ketones (excluding diaryl/α,β-unsaturated/α-hetero) is 1. The second kappa shape index (κ2) is 52.6. The van der Waals surface area contributed by atoms with E-state index in [-0.39, 0.29) is 108 Å². The van der Waals surface area contributed by atoms with Gasteiger partial charge in [0, 0.05) is 123 Å². The Labute approximate surface area is 843 Å². The number of thioether (sulfide) groups is 1. The number of hydrogen-bond donors (Lipinski definition) is 15. The maximum Gasteiger partial charge on any atom is 0.323 e. The van der Waals surface area contributed by atoms with Gasteiger partial charge in [0.1, 0.15) is 103 Å². The fraction of sp³-hybridized carbons (Fsp3) is 0.598. The summed E-state index contributed by atoms with van der Waals surface area (Å²) in [6.45, 7) is 19.0. The number of aromatic amines is 1. The van der Waals surface area contributed by atoms with Crippen molar-refractivity contribution in [3.8, 4) is 0 Å². The van der Waals surface area contributed by atoms with Crippen molar-refractivity contribution in [3.05, 3.63) is 108 Å². The summed E-state index contributed by atoms with van der Waals surface area (Å²) in [4.78, 5) is 291. The van der Waals surface area contributed by atoms with Crippen molar-refractivity contribution >= 4 is 146 Å². The number of nitrogens with one attached hydrogen (secondary N) is 11. The average Bonchev–Trinajstić information content (AvgIpc) is 1.61. The molecule has 4 aliphatic heterocycles. The SMILES string of the molecule is CCCC[C@H]1C(=O)N(C)[C@@H](CCCC)C(=O)N[C@@H](CC(C)C)C(=O)N[C@H](C(N)=O)CSCC(=O)N[C@@H](Cc2ccc(F)cc2)C(=O)N2CCCC[C@H]2C(=O)N[C@@H](CC(N)=O)C(=O)N2CCC[C@H]2C(=O)N[C@@H](CCC(=O)C(C)(C)C)C(=O)N[C@@H](CC(C)C)C(=O)N2C[C@H](O)C[C@H]2C(=O)N[C@@H](Cc2c[nH]c3ccccc23)C(=O)N[C@@H](CCNC(=O)C(C)(C)C)C(=O)N[C@@H](Cc2cn(CC(=O)O)c3ccccc23)C(=O)N1C. The molecule has 4 fully saturated rings. The van der Waals surface area contributed by atoms with Crippen LogP contribution in [0, 0.1) is 28.5 Å². The number of aromatic nitrogens is 2. The Morgan fingerprint density at radius 2 is 1.03 bits per heavy atom. The van der Waals surface area contributed by atoms with Crippen molar-refractivity contribution in [2.24, 2.45) is 34.1 Å². The Bertz CT molecular complexity index is 5460. The number of aliphatic hydroxyl groups is 1. The topological polar surface area (TPSA) is 574 Å². The molecule has 0 aliphatic carbocycles. The van der Waals surface area contributed by atoms with Crippen LogP contribution >= 0.6 is 11.8 Å². The van der Waals surface area contributed by atoms with E-state index in [2.05, 4.69) is 58.2 Å². The van der Waals surface area contributed by atoms with Gasteiger partial charge in [0.05, 0.1) is 18.3 Å². The maximum atomic E-state index is 16.2. The largest absolute Gasteiger partial charge is 0.480 e. The molecule has 17 amide bonds. The molecule has 5 aromatic rings. The van der Waals surface area contributed by atoms with E-state index in [1.165, 1.54) is 46.8 Å².